The number of hydrogen-bond donors (Lipinski definition) is 1. The van der Waals surface area contributed by atoms with Crippen molar-refractivity contribution < 1.29 is 14.0 Å². The summed E-state index contributed by atoms with van der Waals surface area (Å²) in [5, 5.41) is 0. The molecule has 0 spiro atoms. The fraction of sp³-hybridized carbons (Fsp3) is 0.429. The number of hydrogen-bond acceptors (Lipinski definition) is 3. The van der Waals surface area contributed by atoms with Gasteiger partial charge >= 0.3 is 0 Å². The summed E-state index contributed by atoms with van der Waals surface area (Å²) in [7, 11) is 0. The van der Waals surface area contributed by atoms with E-state index in [1.807, 2.05) is 0 Å². The van der Waals surface area contributed by atoms with Gasteiger partial charge in [-0.2, -0.15) is 0 Å². The van der Waals surface area contributed by atoms with Crippen molar-refractivity contribution in [3.05, 3.63) is 29.6 Å². The first-order chi connectivity index (χ1) is 9.11. The number of piperidine rings is 1. The monoisotopic (exact) mass is 262 g/mol. The van der Waals surface area contributed by atoms with Gasteiger partial charge in [-0.1, -0.05) is 6.07 Å². The van der Waals surface area contributed by atoms with Crippen LogP contribution in [0.5, 0.6) is 0 Å². The first kappa shape index (κ1) is 12.3. The van der Waals surface area contributed by atoms with Gasteiger partial charge in [-0.05, 0) is 37.0 Å². The molecule has 1 saturated carbocycles. The van der Waals surface area contributed by atoms with Crippen LogP contribution in [0, 0.1) is 17.7 Å². The number of fused-ring (bicyclic) bond motifs is 2. The second-order valence-electron chi connectivity index (χ2n) is 5.21. The highest BCUT2D eigenvalue weighted by molar-refractivity contribution is 6.18. The number of halogens is 1. The summed E-state index contributed by atoms with van der Waals surface area (Å²) in [4.78, 5) is 25.5. The third kappa shape index (κ3) is 1.85. The van der Waals surface area contributed by atoms with Gasteiger partial charge in [0.2, 0.25) is 11.8 Å². The Balaban J connectivity index is 2.01. The molecule has 2 unspecified atom stereocenters. The molecule has 0 radical (unpaired) electrons. The van der Waals surface area contributed by atoms with Gasteiger partial charge in [0, 0.05) is 18.4 Å². The molecule has 1 aromatic rings. The predicted octanol–water partition coefficient (Wildman–Crippen LogP) is 1.57. The van der Waals surface area contributed by atoms with Gasteiger partial charge < -0.3 is 5.73 Å². The van der Waals surface area contributed by atoms with Crippen LogP contribution < -0.4 is 10.6 Å². The van der Waals surface area contributed by atoms with E-state index in [1.54, 1.807) is 6.07 Å². The van der Waals surface area contributed by atoms with E-state index in [4.69, 9.17) is 5.73 Å². The van der Waals surface area contributed by atoms with Crippen LogP contribution in [0.3, 0.4) is 0 Å². The SMILES string of the molecule is NCc1ccc(N2C(=O)C3CCC(C3)C2=O)c(F)c1. The van der Waals surface area contributed by atoms with Gasteiger partial charge in [-0.3, -0.25) is 9.59 Å². The summed E-state index contributed by atoms with van der Waals surface area (Å²) in [5.41, 5.74) is 6.14. The molecule has 19 heavy (non-hydrogen) atoms. The van der Waals surface area contributed by atoms with Gasteiger partial charge in [-0.25, -0.2) is 9.29 Å². The van der Waals surface area contributed by atoms with Crippen LogP contribution >= 0.6 is 0 Å². The Morgan fingerprint density at radius 2 is 1.84 bits per heavy atom. The molecule has 4 nitrogen and oxygen atoms in total. The zero-order valence-electron chi connectivity index (χ0n) is 10.4. The van der Waals surface area contributed by atoms with E-state index in [0.29, 0.717) is 12.0 Å². The van der Waals surface area contributed by atoms with Crippen molar-refractivity contribution in [2.75, 3.05) is 4.90 Å². The van der Waals surface area contributed by atoms with Crippen LogP contribution in [0.2, 0.25) is 0 Å². The average molecular weight is 262 g/mol. The highest BCUT2D eigenvalue weighted by Crippen LogP contribution is 2.40. The molecule has 3 rings (SSSR count). The number of rotatable bonds is 2. The van der Waals surface area contributed by atoms with Crippen molar-refractivity contribution in [2.24, 2.45) is 17.6 Å². The maximum absolute atomic E-state index is 14.0. The molecular formula is C14H15FN2O2. The van der Waals surface area contributed by atoms with E-state index in [1.165, 1.54) is 12.1 Å². The highest BCUT2D eigenvalue weighted by atomic mass is 19.1. The Hall–Kier alpha value is -1.75. The number of benzene rings is 1. The Morgan fingerprint density at radius 3 is 2.37 bits per heavy atom. The van der Waals surface area contributed by atoms with E-state index in [2.05, 4.69) is 0 Å². The van der Waals surface area contributed by atoms with Crippen LogP contribution in [-0.4, -0.2) is 11.8 Å². The lowest BCUT2D eigenvalue weighted by molar-refractivity contribution is -0.133. The number of nitrogens with two attached hydrogens (primary N) is 1. The van der Waals surface area contributed by atoms with Crippen molar-refractivity contribution in [1.29, 1.82) is 0 Å². The van der Waals surface area contributed by atoms with Crippen molar-refractivity contribution in [1.82, 2.24) is 0 Å². The van der Waals surface area contributed by atoms with Gasteiger partial charge in [0.25, 0.3) is 0 Å². The maximum atomic E-state index is 14.0. The van der Waals surface area contributed by atoms with E-state index >= 15 is 0 Å². The molecule has 2 atom stereocenters. The molecule has 1 aliphatic carbocycles. The number of amides is 2. The van der Waals surface area contributed by atoms with Crippen LogP contribution in [0.15, 0.2) is 18.2 Å². The Morgan fingerprint density at radius 1 is 1.21 bits per heavy atom. The maximum Gasteiger partial charge on any atom is 0.236 e. The molecule has 2 aliphatic rings. The molecule has 1 aliphatic heterocycles. The van der Waals surface area contributed by atoms with Gasteiger partial charge in [0.15, 0.2) is 0 Å². The Bertz CT molecular complexity index is 536. The minimum atomic E-state index is -0.564. The number of anilines is 1. The van der Waals surface area contributed by atoms with Crippen molar-refractivity contribution in [3.8, 4) is 0 Å². The third-order valence-corrected chi connectivity index (χ3v) is 4.06. The summed E-state index contributed by atoms with van der Waals surface area (Å²) in [6, 6.07) is 4.40. The fourth-order valence-corrected chi connectivity index (χ4v) is 3.00. The molecule has 2 fully saturated rings. The lowest BCUT2D eigenvalue weighted by Crippen LogP contribution is -2.46. The first-order valence-electron chi connectivity index (χ1n) is 6.48. The minimum Gasteiger partial charge on any atom is -0.326 e. The molecule has 2 N–H and O–H groups in total. The first-order valence-corrected chi connectivity index (χ1v) is 6.48. The van der Waals surface area contributed by atoms with Crippen molar-refractivity contribution in [3.63, 3.8) is 0 Å². The van der Waals surface area contributed by atoms with Gasteiger partial charge in [-0.15, -0.1) is 0 Å². The summed E-state index contributed by atoms with van der Waals surface area (Å²) < 4.78 is 14.0. The van der Waals surface area contributed by atoms with Gasteiger partial charge in [0.1, 0.15) is 5.82 Å². The smallest absolute Gasteiger partial charge is 0.236 e. The largest absolute Gasteiger partial charge is 0.326 e. The number of nitrogens with zero attached hydrogens (tertiary/aromatic N) is 1. The lowest BCUT2D eigenvalue weighted by Gasteiger charge is -2.29. The number of carbonyl (C=O) groups excluding carboxylic acids is 2. The van der Waals surface area contributed by atoms with Gasteiger partial charge in [0.05, 0.1) is 5.69 Å². The van der Waals surface area contributed by atoms with E-state index in [0.717, 1.165) is 17.7 Å². The summed E-state index contributed by atoms with van der Waals surface area (Å²) in [5.74, 6) is -1.35. The second-order valence-corrected chi connectivity index (χ2v) is 5.21. The second kappa shape index (κ2) is 4.42. The zero-order chi connectivity index (χ0) is 13.6. The zero-order valence-corrected chi connectivity index (χ0v) is 10.4. The lowest BCUT2D eigenvalue weighted by atomic mass is 9.96. The molecule has 1 saturated heterocycles. The van der Waals surface area contributed by atoms with Crippen LogP contribution in [0.25, 0.3) is 0 Å². The van der Waals surface area contributed by atoms with Crippen molar-refractivity contribution in [2.45, 2.75) is 25.8 Å². The van der Waals surface area contributed by atoms with Crippen molar-refractivity contribution >= 4 is 17.5 Å². The molecule has 2 amide bonds. The molecule has 0 aromatic heterocycles. The van der Waals surface area contributed by atoms with Crippen LogP contribution in [-0.2, 0) is 16.1 Å². The minimum absolute atomic E-state index is 0.0591. The third-order valence-electron chi connectivity index (χ3n) is 4.06. The molecule has 100 valence electrons. The topological polar surface area (TPSA) is 63.4 Å². The quantitative estimate of drug-likeness (QED) is 0.823. The van der Waals surface area contributed by atoms with E-state index in [9.17, 15) is 14.0 Å². The van der Waals surface area contributed by atoms with E-state index in [-0.39, 0.29) is 35.9 Å². The van der Waals surface area contributed by atoms with Crippen LogP contribution in [0.1, 0.15) is 24.8 Å². The molecule has 2 bridgehead atoms. The average Bonchev–Trinajstić information content (AvgIpc) is 2.85. The number of imide groups is 1. The molecule has 5 heteroatoms. The fourth-order valence-electron chi connectivity index (χ4n) is 3.00. The normalized spacial score (nSPS) is 26.1. The summed E-state index contributed by atoms with van der Waals surface area (Å²) in [6.07, 6.45) is 2.08. The number of carbonyl (C=O) groups is 2. The predicted molar refractivity (Wildman–Crippen MR) is 67.6 cm³/mol. The Labute approximate surface area is 110 Å². The molecule has 1 aromatic carbocycles. The van der Waals surface area contributed by atoms with Crippen LogP contribution in [0.4, 0.5) is 10.1 Å². The molecular weight excluding hydrogens is 247 g/mol. The molecule has 1 heterocycles. The van der Waals surface area contributed by atoms with E-state index < -0.39 is 5.82 Å². The Kier molecular flexibility index (Phi) is 2.86. The summed E-state index contributed by atoms with van der Waals surface area (Å²) in [6.45, 7) is 0.227. The summed E-state index contributed by atoms with van der Waals surface area (Å²) >= 11 is 0. The highest BCUT2D eigenvalue weighted by Gasteiger charge is 2.46. The standard InChI is InChI=1S/C14H15FN2O2/c15-11-5-8(7-16)1-4-12(11)17-13(18)9-2-3-10(6-9)14(17)19/h1,4-5,9-10H,2-3,6-7,16H2.